The van der Waals surface area contributed by atoms with Crippen molar-refractivity contribution >= 4 is 0 Å². The third-order valence-electron chi connectivity index (χ3n) is 1.40. The van der Waals surface area contributed by atoms with Crippen molar-refractivity contribution in [2.24, 2.45) is 0 Å². The van der Waals surface area contributed by atoms with Gasteiger partial charge in [0, 0.05) is 18.8 Å². The Labute approximate surface area is 67.6 Å². The Bertz CT molecular complexity index is 160. The summed E-state index contributed by atoms with van der Waals surface area (Å²) in [5, 5.41) is 16.9. The van der Waals surface area contributed by atoms with Gasteiger partial charge in [0.2, 0.25) is 0 Å². The second-order valence-electron chi connectivity index (χ2n) is 2.35. The van der Waals surface area contributed by atoms with Gasteiger partial charge in [-0.25, -0.2) is 0 Å². The van der Waals surface area contributed by atoms with Gasteiger partial charge in [-0.2, -0.15) is 5.26 Å². The van der Waals surface area contributed by atoms with Crippen molar-refractivity contribution < 1.29 is 5.11 Å². The molecular weight excluding hydrogens is 140 g/mol. The van der Waals surface area contributed by atoms with E-state index in [9.17, 15) is 0 Å². The molecule has 0 spiro atoms. The van der Waals surface area contributed by atoms with Crippen LogP contribution >= 0.6 is 0 Å². The maximum atomic E-state index is 8.62. The average molecular weight is 154 g/mol. The Hall–Kier alpha value is -1.01. The molecule has 0 saturated carbocycles. The summed E-state index contributed by atoms with van der Waals surface area (Å²) in [5.41, 5.74) is 0.898. The highest BCUT2D eigenvalue weighted by atomic mass is 16.3. The largest absolute Gasteiger partial charge is 0.395 e. The molecule has 0 aromatic heterocycles. The molecule has 0 atom stereocenters. The minimum atomic E-state index is 0.109. The van der Waals surface area contributed by atoms with Gasteiger partial charge in [-0.05, 0) is 6.92 Å². The van der Waals surface area contributed by atoms with E-state index in [1.807, 2.05) is 17.9 Å². The average Bonchev–Trinajstić information content (AvgIpc) is 1.97. The normalized spacial score (nSPS) is 8.82. The predicted octanol–water partition coefficient (Wildman–Crippen LogP) is 0.728. The molecule has 0 fully saturated rings. The van der Waals surface area contributed by atoms with Crippen molar-refractivity contribution in [2.45, 2.75) is 13.3 Å². The zero-order valence-corrected chi connectivity index (χ0v) is 6.88. The molecule has 0 aliphatic carbocycles. The highest BCUT2D eigenvalue weighted by molar-refractivity contribution is 4.89. The van der Waals surface area contributed by atoms with Crippen LogP contribution in [0, 0.1) is 11.3 Å². The molecule has 11 heavy (non-hydrogen) atoms. The smallest absolute Gasteiger partial charge is 0.0640 e. The summed E-state index contributed by atoms with van der Waals surface area (Å²) in [6.45, 7) is 6.94. The van der Waals surface area contributed by atoms with E-state index in [-0.39, 0.29) is 6.61 Å². The van der Waals surface area contributed by atoms with Gasteiger partial charge in [0.15, 0.2) is 0 Å². The van der Waals surface area contributed by atoms with E-state index in [1.54, 1.807) is 0 Å². The third kappa shape index (κ3) is 4.40. The zero-order chi connectivity index (χ0) is 8.69. The van der Waals surface area contributed by atoms with Crippen LogP contribution in [0.3, 0.4) is 0 Å². The minimum Gasteiger partial charge on any atom is -0.395 e. The molecular formula is C8H14N2O. The SMILES string of the molecule is C=C(C)N(CCO)CCC#N. The number of nitriles is 1. The molecule has 0 aliphatic rings. The molecule has 0 heterocycles. The van der Waals surface area contributed by atoms with Gasteiger partial charge in [-0.3, -0.25) is 0 Å². The summed E-state index contributed by atoms with van der Waals surface area (Å²) >= 11 is 0. The molecule has 0 amide bonds. The maximum Gasteiger partial charge on any atom is 0.0640 e. The second-order valence-corrected chi connectivity index (χ2v) is 2.35. The standard InChI is InChI=1S/C8H14N2O/c1-8(2)10(6-7-11)5-3-4-9/h11H,1,3,5-7H2,2H3. The lowest BCUT2D eigenvalue weighted by atomic mass is 10.3. The van der Waals surface area contributed by atoms with Crippen LogP contribution in [0.25, 0.3) is 0 Å². The summed E-state index contributed by atoms with van der Waals surface area (Å²) < 4.78 is 0. The van der Waals surface area contributed by atoms with Crippen molar-refractivity contribution in [3.8, 4) is 6.07 Å². The Balaban J connectivity index is 3.71. The molecule has 62 valence electrons. The fourth-order valence-corrected chi connectivity index (χ4v) is 0.799. The molecule has 3 nitrogen and oxygen atoms in total. The van der Waals surface area contributed by atoms with Crippen molar-refractivity contribution in [2.75, 3.05) is 19.7 Å². The first-order chi connectivity index (χ1) is 5.22. The van der Waals surface area contributed by atoms with Gasteiger partial charge in [-0.1, -0.05) is 6.58 Å². The lowest BCUT2D eigenvalue weighted by Gasteiger charge is -2.21. The van der Waals surface area contributed by atoms with Crippen LogP contribution in [0.4, 0.5) is 0 Å². The van der Waals surface area contributed by atoms with Gasteiger partial charge >= 0.3 is 0 Å². The Morgan fingerprint density at radius 1 is 1.64 bits per heavy atom. The van der Waals surface area contributed by atoms with Crippen LogP contribution in [-0.2, 0) is 0 Å². The van der Waals surface area contributed by atoms with E-state index in [0.717, 1.165) is 5.70 Å². The summed E-state index contributed by atoms with van der Waals surface area (Å²) in [6, 6.07) is 2.05. The number of hydrogen-bond acceptors (Lipinski definition) is 3. The number of aliphatic hydroxyl groups excluding tert-OH is 1. The molecule has 0 bridgehead atoms. The molecule has 0 radical (unpaired) electrons. The molecule has 0 aromatic carbocycles. The fraction of sp³-hybridized carbons (Fsp3) is 0.625. The van der Waals surface area contributed by atoms with Crippen molar-refractivity contribution in [3.63, 3.8) is 0 Å². The number of aliphatic hydroxyl groups is 1. The summed E-state index contributed by atoms with van der Waals surface area (Å²) in [7, 11) is 0. The van der Waals surface area contributed by atoms with E-state index in [2.05, 4.69) is 6.58 Å². The van der Waals surface area contributed by atoms with E-state index in [4.69, 9.17) is 10.4 Å². The van der Waals surface area contributed by atoms with Crippen molar-refractivity contribution in [3.05, 3.63) is 12.3 Å². The van der Waals surface area contributed by atoms with Gasteiger partial charge in [0.1, 0.15) is 0 Å². The van der Waals surface area contributed by atoms with Gasteiger partial charge in [-0.15, -0.1) is 0 Å². The molecule has 0 rings (SSSR count). The first kappa shape index (κ1) is 9.99. The zero-order valence-electron chi connectivity index (χ0n) is 6.88. The van der Waals surface area contributed by atoms with Crippen LogP contribution in [0.15, 0.2) is 12.3 Å². The molecule has 3 heteroatoms. The van der Waals surface area contributed by atoms with Crippen LogP contribution in [0.2, 0.25) is 0 Å². The number of nitrogens with zero attached hydrogens (tertiary/aromatic N) is 2. The lowest BCUT2D eigenvalue weighted by Crippen LogP contribution is -2.25. The number of hydrogen-bond donors (Lipinski definition) is 1. The van der Waals surface area contributed by atoms with Gasteiger partial charge in [0.25, 0.3) is 0 Å². The van der Waals surface area contributed by atoms with E-state index in [1.165, 1.54) is 0 Å². The summed E-state index contributed by atoms with van der Waals surface area (Å²) in [5.74, 6) is 0. The Kier molecular flexibility index (Phi) is 5.22. The fourth-order valence-electron chi connectivity index (χ4n) is 0.799. The summed E-state index contributed by atoms with van der Waals surface area (Å²) in [6.07, 6.45) is 0.479. The molecule has 0 aromatic rings. The molecule has 0 unspecified atom stereocenters. The van der Waals surface area contributed by atoms with E-state index in [0.29, 0.717) is 19.5 Å². The van der Waals surface area contributed by atoms with Crippen LogP contribution < -0.4 is 0 Å². The minimum absolute atomic E-state index is 0.109. The monoisotopic (exact) mass is 154 g/mol. The lowest BCUT2D eigenvalue weighted by molar-refractivity contribution is 0.229. The predicted molar refractivity (Wildman–Crippen MR) is 43.7 cm³/mol. The third-order valence-corrected chi connectivity index (χ3v) is 1.40. The number of rotatable bonds is 5. The highest BCUT2D eigenvalue weighted by Crippen LogP contribution is 1.99. The molecule has 1 N–H and O–H groups in total. The molecule has 0 saturated heterocycles. The first-order valence-corrected chi connectivity index (χ1v) is 3.60. The van der Waals surface area contributed by atoms with Gasteiger partial charge in [0.05, 0.1) is 19.1 Å². The van der Waals surface area contributed by atoms with Crippen LogP contribution in [-0.4, -0.2) is 29.7 Å². The molecule has 0 aliphatic heterocycles. The van der Waals surface area contributed by atoms with Gasteiger partial charge < -0.3 is 10.0 Å². The summed E-state index contributed by atoms with van der Waals surface area (Å²) in [4.78, 5) is 1.89. The number of allylic oxidation sites excluding steroid dienone is 1. The van der Waals surface area contributed by atoms with E-state index >= 15 is 0 Å². The Morgan fingerprint density at radius 2 is 2.27 bits per heavy atom. The van der Waals surface area contributed by atoms with Crippen LogP contribution in [0.5, 0.6) is 0 Å². The van der Waals surface area contributed by atoms with E-state index < -0.39 is 0 Å². The quantitative estimate of drug-likeness (QED) is 0.635. The topological polar surface area (TPSA) is 47.3 Å². The second kappa shape index (κ2) is 5.75. The van der Waals surface area contributed by atoms with Crippen LogP contribution in [0.1, 0.15) is 13.3 Å². The van der Waals surface area contributed by atoms with Crippen molar-refractivity contribution in [1.29, 1.82) is 5.26 Å². The Morgan fingerprint density at radius 3 is 2.64 bits per heavy atom. The van der Waals surface area contributed by atoms with Crippen molar-refractivity contribution in [1.82, 2.24) is 4.90 Å². The highest BCUT2D eigenvalue weighted by Gasteiger charge is 2.00. The first-order valence-electron chi connectivity index (χ1n) is 3.60. The maximum absolute atomic E-state index is 8.62.